The van der Waals surface area contributed by atoms with Crippen LogP contribution in [-0.4, -0.2) is 45.9 Å². The summed E-state index contributed by atoms with van der Waals surface area (Å²) in [5, 5.41) is 21.6. The van der Waals surface area contributed by atoms with E-state index in [4.69, 9.17) is 9.47 Å². The molecule has 1 aliphatic heterocycles. The van der Waals surface area contributed by atoms with Gasteiger partial charge in [0.05, 0.1) is 17.7 Å². The largest absolute Gasteiger partial charge is 0.464 e. The Morgan fingerprint density at radius 3 is 2.53 bits per heavy atom. The van der Waals surface area contributed by atoms with E-state index < -0.39 is 29.9 Å². The lowest BCUT2D eigenvalue weighted by Crippen LogP contribution is -2.29. The number of aromatic nitrogens is 1. The molecule has 0 saturated heterocycles. The summed E-state index contributed by atoms with van der Waals surface area (Å²) < 4.78 is 50.9. The standard InChI is InChI=1S/C26H23F3N2O5/c1-2-35-25(34)24(33)23(32)20-15-31(21-8-4-3-7-19(20)21)17-10-12-18(13-11-17)36-22-9-5-6-16(14-30-22)26(27,28)29/h3-4,6-15,23-24,32-33H,2,5H2,1H3. The monoisotopic (exact) mass is 500 g/mol. The van der Waals surface area contributed by atoms with Gasteiger partial charge >= 0.3 is 12.1 Å². The van der Waals surface area contributed by atoms with E-state index in [0.717, 1.165) is 17.8 Å². The maximum absolute atomic E-state index is 12.9. The molecule has 0 bridgehead atoms. The number of carbonyl (C=O) groups excluding carboxylic acids is 1. The van der Waals surface area contributed by atoms with Crippen molar-refractivity contribution < 1.29 is 37.7 Å². The zero-order valence-electron chi connectivity index (χ0n) is 19.1. The third kappa shape index (κ3) is 5.34. The number of aliphatic imine (C=N–C) groups is 1. The second kappa shape index (κ2) is 10.4. The molecule has 7 nitrogen and oxygen atoms in total. The molecule has 3 aromatic rings. The van der Waals surface area contributed by atoms with Gasteiger partial charge in [-0.3, -0.25) is 0 Å². The minimum Gasteiger partial charge on any atom is -0.464 e. The lowest BCUT2D eigenvalue weighted by Gasteiger charge is -2.15. The zero-order valence-corrected chi connectivity index (χ0v) is 19.1. The lowest BCUT2D eigenvalue weighted by molar-refractivity contribution is -0.159. The van der Waals surface area contributed by atoms with E-state index in [9.17, 15) is 28.2 Å². The van der Waals surface area contributed by atoms with Gasteiger partial charge in [-0.05, 0) is 49.8 Å². The minimum atomic E-state index is -4.48. The molecule has 1 aliphatic rings. The van der Waals surface area contributed by atoms with Crippen LogP contribution in [0, 0.1) is 0 Å². The molecule has 0 aliphatic carbocycles. The second-order valence-electron chi connectivity index (χ2n) is 7.90. The molecule has 2 atom stereocenters. The summed E-state index contributed by atoms with van der Waals surface area (Å²) >= 11 is 0. The highest BCUT2D eigenvalue weighted by molar-refractivity contribution is 5.87. The molecule has 36 heavy (non-hydrogen) atoms. The number of fused-ring (bicyclic) bond motifs is 1. The van der Waals surface area contributed by atoms with Gasteiger partial charge < -0.3 is 24.3 Å². The number of aliphatic hydroxyl groups excluding tert-OH is 2. The van der Waals surface area contributed by atoms with Gasteiger partial charge in [-0.2, -0.15) is 13.2 Å². The average Bonchev–Trinajstić information content (AvgIpc) is 3.07. The Kier molecular flexibility index (Phi) is 7.27. The van der Waals surface area contributed by atoms with Gasteiger partial charge in [0.25, 0.3) is 0 Å². The summed E-state index contributed by atoms with van der Waals surface area (Å²) in [6, 6.07) is 13.9. The van der Waals surface area contributed by atoms with Gasteiger partial charge in [-0.15, -0.1) is 0 Å². The molecule has 0 saturated carbocycles. The number of halogens is 3. The molecule has 0 amide bonds. The highest BCUT2D eigenvalue weighted by atomic mass is 19.4. The Morgan fingerprint density at radius 2 is 1.83 bits per heavy atom. The highest BCUT2D eigenvalue weighted by Crippen LogP contribution is 2.32. The third-order valence-electron chi connectivity index (χ3n) is 5.51. The van der Waals surface area contributed by atoms with Crippen LogP contribution in [0.4, 0.5) is 13.2 Å². The molecular weight excluding hydrogens is 477 g/mol. The van der Waals surface area contributed by atoms with Gasteiger partial charge in [-0.1, -0.05) is 24.3 Å². The number of carbonyl (C=O) groups is 1. The molecule has 0 spiro atoms. The van der Waals surface area contributed by atoms with Crippen molar-refractivity contribution in [1.82, 2.24) is 4.57 Å². The van der Waals surface area contributed by atoms with Gasteiger partial charge in [0.15, 0.2) is 6.10 Å². The number of hydrogen-bond acceptors (Lipinski definition) is 6. The molecule has 188 valence electrons. The first-order valence-electron chi connectivity index (χ1n) is 11.1. The number of benzene rings is 2. The van der Waals surface area contributed by atoms with Gasteiger partial charge in [0, 0.05) is 29.0 Å². The van der Waals surface area contributed by atoms with Gasteiger partial charge in [0.2, 0.25) is 5.88 Å². The number of ether oxygens (including phenoxy) is 2. The van der Waals surface area contributed by atoms with Crippen LogP contribution >= 0.6 is 0 Å². The Bertz CT molecular complexity index is 1340. The first kappa shape index (κ1) is 25.2. The third-order valence-corrected chi connectivity index (χ3v) is 5.51. The van der Waals surface area contributed by atoms with Crippen molar-refractivity contribution >= 4 is 23.1 Å². The van der Waals surface area contributed by atoms with E-state index in [2.05, 4.69) is 4.99 Å². The highest BCUT2D eigenvalue weighted by Gasteiger charge is 2.32. The molecule has 4 rings (SSSR count). The smallest absolute Gasteiger partial charge is 0.417 e. The minimum absolute atomic E-state index is 0.0281. The lowest BCUT2D eigenvalue weighted by atomic mass is 10.0. The number of allylic oxidation sites excluding steroid dienone is 3. The molecule has 0 fully saturated rings. The van der Waals surface area contributed by atoms with Gasteiger partial charge in [0.1, 0.15) is 11.9 Å². The predicted octanol–water partition coefficient (Wildman–Crippen LogP) is 4.77. The molecular formula is C26H23F3N2O5. The summed E-state index contributed by atoms with van der Waals surface area (Å²) in [4.78, 5) is 15.7. The van der Waals surface area contributed by atoms with Crippen LogP contribution in [0.1, 0.15) is 25.0 Å². The summed E-state index contributed by atoms with van der Waals surface area (Å²) in [5.41, 5.74) is 0.913. The maximum atomic E-state index is 12.9. The van der Waals surface area contributed by atoms with Crippen molar-refractivity contribution in [2.45, 2.75) is 31.7 Å². The van der Waals surface area contributed by atoms with Crippen molar-refractivity contribution in [3.05, 3.63) is 83.9 Å². The van der Waals surface area contributed by atoms with Crippen molar-refractivity contribution in [3.63, 3.8) is 0 Å². The van der Waals surface area contributed by atoms with Crippen LogP contribution in [0.25, 0.3) is 16.6 Å². The van der Waals surface area contributed by atoms with E-state index in [-0.39, 0.29) is 18.9 Å². The predicted molar refractivity (Wildman–Crippen MR) is 127 cm³/mol. The molecule has 1 aromatic heterocycles. The number of alkyl halides is 3. The van der Waals surface area contributed by atoms with Crippen LogP contribution in [-0.2, 0) is 9.53 Å². The SMILES string of the molecule is CCOC(=O)C(O)C(O)c1cn(-c2ccc(OC3=CCC=C(C(F)(F)F)C=N3)cc2)c2ccccc12. The first-order valence-corrected chi connectivity index (χ1v) is 11.1. The van der Waals surface area contributed by atoms with Gasteiger partial charge in [-0.25, -0.2) is 9.79 Å². The summed E-state index contributed by atoms with van der Waals surface area (Å²) in [5.74, 6) is -0.508. The van der Waals surface area contributed by atoms with Crippen molar-refractivity contribution in [2.75, 3.05) is 6.61 Å². The maximum Gasteiger partial charge on any atom is 0.417 e. The number of rotatable bonds is 7. The Labute approximate surface area is 204 Å². The number of nitrogens with zero attached hydrogens (tertiary/aromatic N) is 2. The topological polar surface area (TPSA) is 93.3 Å². The molecule has 2 aromatic carbocycles. The number of esters is 1. The second-order valence-corrected chi connectivity index (χ2v) is 7.90. The first-order chi connectivity index (χ1) is 17.2. The normalized spacial score (nSPS) is 15.6. The fraction of sp³-hybridized carbons (Fsp3) is 0.231. The van der Waals surface area contributed by atoms with Crippen LogP contribution in [0.3, 0.4) is 0 Å². The molecule has 2 unspecified atom stereocenters. The number of para-hydroxylation sites is 1. The fourth-order valence-corrected chi connectivity index (χ4v) is 3.76. The Morgan fingerprint density at radius 1 is 1.11 bits per heavy atom. The number of aliphatic hydroxyl groups is 2. The Hall–Kier alpha value is -3.89. The fourth-order valence-electron chi connectivity index (χ4n) is 3.76. The quantitative estimate of drug-likeness (QED) is 0.456. The molecule has 0 radical (unpaired) electrons. The van der Waals surface area contributed by atoms with Crippen molar-refractivity contribution in [2.24, 2.45) is 4.99 Å². The van der Waals surface area contributed by atoms with E-state index in [1.807, 2.05) is 12.1 Å². The van der Waals surface area contributed by atoms with Crippen molar-refractivity contribution in [1.29, 1.82) is 0 Å². The van der Waals surface area contributed by atoms with Crippen LogP contribution in [0.2, 0.25) is 0 Å². The van der Waals surface area contributed by atoms with E-state index >= 15 is 0 Å². The zero-order chi connectivity index (χ0) is 25.9. The van der Waals surface area contributed by atoms with Crippen molar-refractivity contribution in [3.8, 4) is 11.4 Å². The van der Waals surface area contributed by atoms with Crippen LogP contribution in [0.15, 0.2) is 83.3 Å². The summed E-state index contributed by atoms with van der Waals surface area (Å²) in [7, 11) is 0. The molecule has 2 heterocycles. The van der Waals surface area contributed by atoms with E-state index in [0.29, 0.717) is 22.4 Å². The summed E-state index contributed by atoms with van der Waals surface area (Å²) in [6.07, 6.45) is -2.87. The average molecular weight is 500 g/mol. The van der Waals surface area contributed by atoms with E-state index in [1.54, 1.807) is 54.1 Å². The number of hydrogen-bond donors (Lipinski definition) is 2. The van der Waals surface area contributed by atoms with Crippen LogP contribution < -0.4 is 4.74 Å². The van der Waals surface area contributed by atoms with E-state index in [1.165, 1.54) is 6.08 Å². The summed E-state index contributed by atoms with van der Waals surface area (Å²) in [6.45, 7) is 1.67. The van der Waals surface area contributed by atoms with Crippen LogP contribution in [0.5, 0.6) is 5.75 Å². The molecule has 2 N–H and O–H groups in total. The Balaban J connectivity index is 1.57. The molecule has 10 heteroatoms.